The van der Waals surface area contributed by atoms with E-state index in [1.54, 1.807) is 11.4 Å². The molecule has 0 radical (unpaired) electrons. The van der Waals surface area contributed by atoms with Crippen LogP contribution in [0.5, 0.6) is 0 Å². The molecule has 2 aromatic rings. The van der Waals surface area contributed by atoms with Gasteiger partial charge in [0.05, 0.1) is 11.8 Å². The summed E-state index contributed by atoms with van der Waals surface area (Å²) in [7, 11) is 0. The Bertz CT molecular complexity index is 554. The Balaban J connectivity index is 1.94. The van der Waals surface area contributed by atoms with E-state index in [4.69, 9.17) is 4.42 Å². The average molecular weight is 248 g/mol. The third-order valence-corrected chi connectivity index (χ3v) is 2.97. The zero-order chi connectivity index (χ0) is 12.3. The van der Waals surface area contributed by atoms with E-state index in [0.29, 0.717) is 11.3 Å². The molecule has 17 heavy (non-hydrogen) atoms. The molecule has 0 atom stereocenters. The maximum absolute atomic E-state index is 11.6. The fraction of sp³-hybridized carbons (Fsp3) is 0.167. The molecule has 2 rings (SSSR count). The van der Waals surface area contributed by atoms with Crippen LogP contribution in [0.1, 0.15) is 26.8 Å². The highest BCUT2D eigenvalue weighted by Crippen LogP contribution is 2.12. The van der Waals surface area contributed by atoms with Crippen molar-refractivity contribution in [2.24, 2.45) is 5.10 Å². The van der Waals surface area contributed by atoms with Gasteiger partial charge in [-0.3, -0.25) is 4.79 Å². The van der Waals surface area contributed by atoms with Gasteiger partial charge in [0.2, 0.25) is 0 Å². The molecule has 4 nitrogen and oxygen atoms in total. The van der Waals surface area contributed by atoms with Gasteiger partial charge in [-0.2, -0.15) is 5.10 Å². The Morgan fingerprint density at radius 2 is 2.29 bits per heavy atom. The zero-order valence-corrected chi connectivity index (χ0v) is 10.4. The van der Waals surface area contributed by atoms with Crippen LogP contribution < -0.4 is 5.43 Å². The topological polar surface area (TPSA) is 54.6 Å². The molecule has 0 aromatic carbocycles. The predicted octanol–water partition coefficient (Wildman–Crippen LogP) is 2.72. The number of aryl methyl sites for hydroxylation is 2. The van der Waals surface area contributed by atoms with Crippen molar-refractivity contribution in [3.8, 4) is 0 Å². The second-order valence-electron chi connectivity index (χ2n) is 3.59. The highest BCUT2D eigenvalue weighted by molar-refractivity contribution is 7.10. The molecule has 0 bridgehead atoms. The Kier molecular flexibility index (Phi) is 3.39. The fourth-order valence-corrected chi connectivity index (χ4v) is 1.99. The normalized spacial score (nSPS) is 10.9. The molecule has 88 valence electrons. The molecule has 0 spiro atoms. The molecule has 0 aliphatic rings. The lowest BCUT2D eigenvalue weighted by atomic mass is 10.3. The maximum atomic E-state index is 11.6. The molecule has 0 aliphatic heterocycles. The molecule has 0 fully saturated rings. The molecule has 1 amide bonds. The van der Waals surface area contributed by atoms with E-state index in [2.05, 4.69) is 10.5 Å². The first-order valence-corrected chi connectivity index (χ1v) is 5.98. The number of hydrogen-bond acceptors (Lipinski definition) is 4. The summed E-state index contributed by atoms with van der Waals surface area (Å²) in [5, 5.41) is 5.63. The smallest absolute Gasteiger partial charge is 0.272 e. The zero-order valence-electron chi connectivity index (χ0n) is 9.56. The van der Waals surface area contributed by atoms with Crippen molar-refractivity contribution < 1.29 is 9.21 Å². The summed E-state index contributed by atoms with van der Waals surface area (Å²) in [4.78, 5) is 12.7. The second-order valence-corrected chi connectivity index (χ2v) is 4.71. The minimum atomic E-state index is -0.214. The number of carbonyl (C=O) groups is 1. The lowest BCUT2D eigenvalue weighted by Gasteiger charge is -1.94. The number of hydrazone groups is 1. The van der Waals surface area contributed by atoms with Crippen LogP contribution in [0, 0.1) is 13.8 Å². The van der Waals surface area contributed by atoms with Gasteiger partial charge in [0.1, 0.15) is 11.5 Å². The molecule has 2 aromatic heterocycles. The summed E-state index contributed by atoms with van der Waals surface area (Å²) in [6, 6.07) is 5.46. The van der Waals surface area contributed by atoms with Crippen LogP contribution in [0.4, 0.5) is 0 Å². The molecular weight excluding hydrogens is 236 g/mol. The summed E-state index contributed by atoms with van der Waals surface area (Å²) < 4.78 is 5.28. The third-order valence-electron chi connectivity index (χ3n) is 2.11. The third kappa shape index (κ3) is 3.04. The average Bonchev–Trinajstić information content (AvgIpc) is 2.88. The number of thiophene rings is 1. The van der Waals surface area contributed by atoms with Crippen molar-refractivity contribution in [1.82, 2.24) is 5.43 Å². The molecular formula is C12H12N2O2S. The van der Waals surface area contributed by atoms with Gasteiger partial charge in [0.15, 0.2) is 0 Å². The van der Waals surface area contributed by atoms with Crippen molar-refractivity contribution in [3.63, 3.8) is 0 Å². The first-order chi connectivity index (χ1) is 8.15. The summed E-state index contributed by atoms with van der Waals surface area (Å²) in [5.41, 5.74) is 3.07. The van der Waals surface area contributed by atoms with Gasteiger partial charge in [-0.05, 0) is 32.0 Å². The van der Waals surface area contributed by atoms with E-state index in [1.807, 2.05) is 26.0 Å². The quantitative estimate of drug-likeness (QED) is 0.670. The minimum absolute atomic E-state index is 0.214. The van der Waals surface area contributed by atoms with E-state index >= 15 is 0 Å². The predicted molar refractivity (Wildman–Crippen MR) is 67.6 cm³/mol. The van der Waals surface area contributed by atoms with Crippen molar-refractivity contribution >= 4 is 23.5 Å². The summed E-state index contributed by atoms with van der Waals surface area (Å²) in [6.45, 7) is 3.81. The van der Waals surface area contributed by atoms with Gasteiger partial charge in [0.25, 0.3) is 5.91 Å². The van der Waals surface area contributed by atoms with Gasteiger partial charge < -0.3 is 4.42 Å². The van der Waals surface area contributed by atoms with Crippen LogP contribution in [0.3, 0.4) is 0 Å². The van der Waals surface area contributed by atoms with Crippen LogP contribution in [0.15, 0.2) is 33.1 Å². The highest BCUT2D eigenvalue weighted by atomic mass is 32.1. The van der Waals surface area contributed by atoms with Crippen LogP contribution in [-0.2, 0) is 0 Å². The Morgan fingerprint density at radius 1 is 1.47 bits per heavy atom. The van der Waals surface area contributed by atoms with Crippen LogP contribution in [0.25, 0.3) is 0 Å². The number of nitrogens with one attached hydrogen (secondary N) is 1. The number of furan rings is 1. The number of hydrogen-bond donors (Lipinski definition) is 1. The van der Waals surface area contributed by atoms with Crippen molar-refractivity contribution in [2.75, 3.05) is 0 Å². The van der Waals surface area contributed by atoms with Gasteiger partial charge >= 0.3 is 0 Å². The van der Waals surface area contributed by atoms with E-state index in [9.17, 15) is 4.79 Å². The lowest BCUT2D eigenvalue weighted by molar-refractivity contribution is 0.0955. The van der Waals surface area contributed by atoms with Crippen molar-refractivity contribution in [2.45, 2.75) is 13.8 Å². The monoisotopic (exact) mass is 248 g/mol. The lowest BCUT2D eigenvalue weighted by Crippen LogP contribution is -2.16. The first-order valence-electron chi connectivity index (χ1n) is 5.10. The second kappa shape index (κ2) is 4.97. The first kappa shape index (κ1) is 11.6. The number of carbonyl (C=O) groups excluding carboxylic acids is 1. The SMILES string of the molecule is Cc1ccc(C=NNC(=O)c2csc(C)c2)o1. The largest absolute Gasteiger partial charge is 0.460 e. The molecule has 0 saturated carbocycles. The molecule has 0 unspecified atom stereocenters. The number of nitrogens with zero attached hydrogens (tertiary/aromatic N) is 1. The molecule has 0 aliphatic carbocycles. The van der Waals surface area contributed by atoms with Gasteiger partial charge in [-0.15, -0.1) is 11.3 Å². The van der Waals surface area contributed by atoms with Crippen LogP contribution in [-0.4, -0.2) is 12.1 Å². The summed E-state index contributed by atoms with van der Waals surface area (Å²) in [5.74, 6) is 1.21. The molecule has 1 N–H and O–H groups in total. The van der Waals surface area contributed by atoms with Crippen LogP contribution in [0.2, 0.25) is 0 Å². The van der Waals surface area contributed by atoms with Gasteiger partial charge in [-0.25, -0.2) is 5.43 Å². The van der Waals surface area contributed by atoms with E-state index in [-0.39, 0.29) is 5.91 Å². The summed E-state index contributed by atoms with van der Waals surface area (Å²) in [6.07, 6.45) is 1.48. The van der Waals surface area contributed by atoms with Crippen molar-refractivity contribution in [1.29, 1.82) is 0 Å². The standard InChI is InChI=1S/C12H12N2O2S/c1-8-3-4-11(16-8)6-13-14-12(15)10-5-9(2)17-7-10/h3-7H,1-2H3,(H,14,15). The minimum Gasteiger partial charge on any atom is -0.460 e. The Hall–Kier alpha value is -1.88. The fourth-order valence-electron chi connectivity index (χ4n) is 1.30. The van der Waals surface area contributed by atoms with Gasteiger partial charge in [-0.1, -0.05) is 0 Å². The van der Waals surface area contributed by atoms with E-state index in [0.717, 1.165) is 10.6 Å². The Labute approximate surface area is 103 Å². The van der Waals surface area contributed by atoms with E-state index in [1.165, 1.54) is 17.6 Å². The molecule has 2 heterocycles. The molecule has 5 heteroatoms. The molecule has 0 saturated heterocycles. The van der Waals surface area contributed by atoms with Crippen molar-refractivity contribution in [3.05, 3.63) is 45.5 Å². The maximum Gasteiger partial charge on any atom is 0.272 e. The summed E-state index contributed by atoms with van der Waals surface area (Å²) >= 11 is 1.53. The van der Waals surface area contributed by atoms with Gasteiger partial charge in [0, 0.05) is 10.3 Å². The van der Waals surface area contributed by atoms with Crippen LogP contribution >= 0.6 is 11.3 Å². The highest BCUT2D eigenvalue weighted by Gasteiger charge is 2.05. The van der Waals surface area contributed by atoms with E-state index < -0.39 is 0 Å². The number of amides is 1. The Morgan fingerprint density at radius 3 is 2.88 bits per heavy atom. The number of rotatable bonds is 3.